The molecule has 0 radical (unpaired) electrons. The van der Waals surface area contributed by atoms with Crippen molar-refractivity contribution in [3.63, 3.8) is 0 Å². The standard InChI is InChI=1S/C27H30N2O3/c30-26(29-25(21-10-4-1-5-11-21)22-12-6-2-7-13-22)28-20-27(31,23-14-8-3-9-15-23)24-16-18-32-19-17-24/h1-15,24-25,31H,16-20H2,(H2,28,29,30)/t27-/m1/s1. The maximum absolute atomic E-state index is 13.0. The number of rotatable bonds is 7. The SMILES string of the molecule is O=C(NC[C@@](O)(c1ccccc1)C1CCOCC1)NC(c1ccccc1)c1ccccc1. The van der Waals surface area contributed by atoms with Gasteiger partial charge in [0.2, 0.25) is 0 Å². The molecule has 3 N–H and O–H groups in total. The molecule has 3 aromatic rings. The minimum Gasteiger partial charge on any atom is -0.383 e. The van der Waals surface area contributed by atoms with E-state index in [1.165, 1.54) is 0 Å². The van der Waals surface area contributed by atoms with Crippen molar-refractivity contribution in [1.29, 1.82) is 0 Å². The van der Waals surface area contributed by atoms with E-state index in [1.54, 1.807) is 0 Å². The minimum absolute atomic E-state index is 0.0120. The van der Waals surface area contributed by atoms with Crippen LogP contribution in [0, 0.1) is 5.92 Å². The Labute approximate surface area is 189 Å². The first kappa shape index (κ1) is 22.1. The lowest BCUT2D eigenvalue weighted by Gasteiger charge is -2.39. The van der Waals surface area contributed by atoms with Gasteiger partial charge in [0.25, 0.3) is 0 Å². The van der Waals surface area contributed by atoms with Crippen LogP contribution in [0.15, 0.2) is 91.0 Å². The molecule has 0 unspecified atom stereocenters. The molecule has 4 rings (SSSR count). The summed E-state index contributed by atoms with van der Waals surface area (Å²) >= 11 is 0. The number of aliphatic hydroxyl groups is 1. The zero-order chi connectivity index (χ0) is 22.2. The van der Waals surface area contributed by atoms with Crippen LogP contribution in [0.1, 0.15) is 35.6 Å². The molecule has 32 heavy (non-hydrogen) atoms. The summed E-state index contributed by atoms with van der Waals surface area (Å²) in [6, 6.07) is 28.8. The highest BCUT2D eigenvalue weighted by molar-refractivity contribution is 5.75. The third-order valence-corrected chi connectivity index (χ3v) is 6.23. The molecule has 166 valence electrons. The van der Waals surface area contributed by atoms with Crippen molar-refractivity contribution in [3.8, 4) is 0 Å². The Bertz CT molecular complexity index is 936. The normalized spacial score (nSPS) is 16.3. The van der Waals surface area contributed by atoms with Crippen molar-refractivity contribution in [1.82, 2.24) is 10.6 Å². The van der Waals surface area contributed by atoms with Gasteiger partial charge in [-0.25, -0.2) is 4.79 Å². The molecule has 1 saturated heterocycles. The quantitative estimate of drug-likeness (QED) is 0.521. The third kappa shape index (κ3) is 5.18. The van der Waals surface area contributed by atoms with Crippen LogP contribution in [-0.2, 0) is 10.3 Å². The fraction of sp³-hybridized carbons (Fsp3) is 0.296. The highest BCUT2D eigenvalue weighted by atomic mass is 16.5. The maximum atomic E-state index is 13.0. The lowest BCUT2D eigenvalue weighted by molar-refractivity contribution is -0.0676. The Morgan fingerprint density at radius 3 is 1.91 bits per heavy atom. The van der Waals surface area contributed by atoms with E-state index in [0.29, 0.717) is 13.2 Å². The van der Waals surface area contributed by atoms with Gasteiger partial charge in [-0.2, -0.15) is 0 Å². The van der Waals surface area contributed by atoms with Crippen LogP contribution >= 0.6 is 0 Å². The summed E-state index contributed by atoms with van der Waals surface area (Å²) in [7, 11) is 0. The van der Waals surface area contributed by atoms with Gasteiger partial charge in [0, 0.05) is 13.2 Å². The van der Waals surface area contributed by atoms with Crippen LogP contribution in [0.5, 0.6) is 0 Å². The Morgan fingerprint density at radius 1 is 0.875 bits per heavy atom. The number of hydrogen-bond donors (Lipinski definition) is 3. The van der Waals surface area contributed by atoms with Gasteiger partial charge in [-0.05, 0) is 35.4 Å². The van der Waals surface area contributed by atoms with Crippen LogP contribution in [0.25, 0.3) is 0 Å². The number of hydrogen-bond acceptors (Lipinski definition) is 3. The van der Waals surface area contributed by atoms with Crippen molar-refractivity contribution >= 4 is 6.03 Å². The maximum Gasteiger partial charge on any atom is 0.315 e. The first-order valence-corrected chi connectivity index (χ1v) is 11.2. The van der Waals surface area contributed by atoms with E-state index in [-0.39, 0.29) is 24.5 Å². The smallest absolute Gasteiger partial charge is 0.315 e. The molecule has 5 nitrogen and oxygen atoms in total. The minimum atomic E-state index is -1.16. The number of benzene rings is 3. The van der Waals surface area contributed by atoms with Crippen LogP contribution in [-0.4, -0.2) is 30.9 Å². The van der Waals surface area contributed by atoms with Gasteiger partial charge in [-0.15, -0.1) is 0 Å². The Hall–Kier alpha value is -3.15. The van der Waals surface area contributed by atoms with Crippen molar-refractivity contribution < 1.29 is 14.6 Å². The Kier molecular flexibility index (Phi) is 7.20. The van der Waals surface area contributed by atoms with Gasteiger partial charge in [-0.1, -0.05) is 91.0 Å². The Morgan fingerprint density at radius 2 is 1.38 bits per heavy atom. The molecule has 5 heteroatoms. The molecule has 0 spiro atoms. The van der Waals surface area contributed by atoms with Crippen LogP contribution in [0.2, 0.25) is 0 Å². The first-order valence-electron chi connectivity index (χ1n) is 11.2. The fourth-order valence-corrected chi connectivity index (χ4v) is 4.43. The molecule has 0 saturated carbocycles. The summed E-state index contributed by atoms with van der Waals surface area (Å²) in [6.45, 7) is 1.37. The van der Waals surface area contributed by atoms with Crippen molar-refractivity contribution in [2.75, 3.05) is 19.8 Å². The fourth-order valence-electron chi connectivity index (χ4n) is 4.43. The molecule has 1 fully saturated rings. The van der Waals surface area contributed by atoms with Crippen molar-refractivity contribution in [2.24, 2.45) is 5.92 Å². The number of amides is 2. The van der Waals surface area contributed by atoms with Gasteiger partial charge in [0.05, 0.1) is 12.6 Å². The average Bonchev–Trinajstić information content (AvgIpc) is 2.88. The lowest BCUT2D eigenvalue weighted by atomic mass is 9.77. The predicted octanol–water partition coefficient (Wildman–Crippen LogP) is 4.39. The van der Waals surface area contributed by atoms with Crippen molar-refractivity contribution in [2.45, 2.75) is 24.5 Å². The number of nitrogens with one attached hydrogen (secondary N) is 2. The van der Waals surface area contributed by atoms with E-state index in [2.05, 4.69) is 10.6 Å². The summed E-state index contributed by atoms with van der Waals surface area (Å²) in [6.07, 6.45) is 1.51. The van der Waals surface area contributed by atoms with E-state index < -0.39 is 5.60 Å². The second-order valence-electron chi connectivity index (χ2n) is 8.26. The zero-order valence-electron chi connectivity index (χ0n) is 18.1. The van der Waals surface area contributed by atoms with Gasteiger partial charge < -0.3 is 20.5 Å². The molecule has 0 aromatic heterocycles. The molecular weight excluding hydrogens is 400 g/mol. The average molecular weight is 431 g/mol. The summed E-state index contributed by atoms with van der Waals surface area (Å²) in [4.78, 5) is 13.0. The predicted molar refractivity (Wildman–Crippen MR) is 125 cm³/mol. The number of urea groups is 1. The summed E-state index contributed by atoms with van der Waals surface area (Å²) in [5, 5.41) is 17.8. The molecule has 2 amide bonds. The number of ether oxygens (including phenoxy) is 1. The number of carbonyl (C=O) groups excluding carboxylic acids is 1. The van der Waals surface area contributed by atoms with E-state index in [9.17, 15) is 9.90 Å². The molecule has 1 aliphatic heterocycles. The third-order valence-electron chi connectivity index (χ3n) is 6.23. The largest absolute Gasteiger partial charge is 0.383 e. The molecule has 1 aliphatic rings. The van der Waals surface area contributed by atoms with E-state index in [4.69, 9.17) is 4.74 Å². The summed E-state index contributed by atoms with van der Waals surface area (Å²) < 4.78 is 5.50. The van der Waals surface area contributed by atoms with Crippen molar-refractivity contribution in [3.05, 3.63) is 108 Å². The molecule has 1 atom stereocenters. The zero-order valence-corrected chi connectivity index (χ0v) is 18.1. The summed E-state index contributed by atoms with van der Waals surface area (Å²) in [5.41, 5.74) is 1.65. The van der Waals surface area contributed by atoms with Gasteiger partial charge >= 0.3 is 6.03 Å². The molecule has 0 aliphatic carbocycles. The van der Waals surface area contributed by atoms with Crippen LogP contribution < -0.4 is 10.6 Å². The van der Waals surface area contributed by atoms with Gasteiger partial charge in [0.15, 0.2) is 0 Å². The monoisotopic (exact) mass is 430 g/mol. The highest BCUT2D eigenvalue weighted by Crippen LogP contribution is 2.35. The van der Waals surface area contributed by atoms with E-state index >= 15 is 0 Å². The molecular formula is C27H30N2O3. The second-order valence-corrected chi connectivity index (χ2v) is 8.26. The highest BCUT2D eigenvalue weighted by Gasteiger charge is 2.39. The molecule has 1 heterocycles. The van der Waals surface area contributed by atoms with Crippen LogP contribution in [0.4, 0.5) is 4.79 Å². The first-order chi connectivity index (χ1) is 15.7. The van der Waals surface area contributed by atoms with E-state index in [0.717, 1.165) is 29.5 Å². The van der Waals surface area contributed by atoms with Gasteiger partial charge in [-0.3, -0.25) is 0 Å². The topological polar surface area (TPSA) is 70.6 Å². The second kappa shape index (κ2) is 10.4. The number of carbonyl (C=O) groups is 1. The Balaban J connectivity index is 1.51. The molecule has 0 bridgehead atoms. The van der Waals surface area contributed by atoms with E-state index in [1.807, 2.05) is 91.0 Å². The lowest BCUT2D eigenvalue weighted by Crippen LogP contribution is -2.50. The van der Waals surface area contributed by atoms with Gasteiger partial charge in [0.1, 0.15) is 5.60 Å². The van der Waals surface area contributed by atoms with Crippen LogP contribution in [0.3, 0.4) is 0 Å². The molecule has 3 aromatic carbocycles. The summed E-state index contributed by atoms with van der Waals surface area (Å²) in [5.74, 6) is 0.0120.